The van der Waals surface area contributed by atoms with E-state index in [1.807, 2.05) is 0 Å². The third-order valence-electron chi connectivity index (χ3n) is 2.06. The van der Waals surface area contributed by atoms with Crippen molar-refractivity contribution >= 4 is 40.5 Å². The van der Waals surface area contributed by atoms with E-state index in [-0.39, 0.29) is 16.7 Å². The number of carbonyl (C=O) groups is 2. The van der Waals surface area contributed by atoms with Gasteiger partial charge in [-0.15, -0.1) is 11.3 Å². The van der Waals surface area contributed by atoms with Crippen LogP contribution in [0.25, 0.3) is 0 Å². The Morgan fingerprint density at radius 1 is 1.20 bits per heavy atom. The maximum Gasteiger partial charge on any atom is 0.289 e. The number of nitrogens with one attached hydrogen (secondary N) is 3. The number of hydrogen-bond donors (Lipinski definition) is 3. The van der Waals surface area contributed by atoms with E-state index in [4.69, 9.17) is 12.2 Å². The average Bonchev–Trinajstić information content (AvgIpc) is 3.00. The summed E-state index contributed by atoms with van der Waals surface area (Å²) in [4.78, 5) is 31.4. The second-order valence-electron chi connectivity index (χ2n) is 3.43. The zero-order valence-electron chi connectivity index (χ0n) is 9.99. The van der Waals surface area contributed by atoms with Gasteiger partial charge in [0.25, 0.3) is 11.8 Å². The molecule has 2 amide bonds. The highest BCUT2D eigenvalue weighted by atomic mass is 32.1. The highest BCUT2D eigenvalue weighted by Gasteiger charge is 2.10. The third kappa shape index (κ3) is 3.80. The fourth-order valence-corrected chi connectivity index (χ4v) is 1.96. The van der Waals surface area contributed by atoms with Crippen LogP contribution in [0.3, 0.4) is 0 Å². The van der Waals surface area contributed by atoms with Crippen molar-refractivity contribution in [1.82, 2.24) is 26.1 Å². The van der Waals surface area contributed by atoms with E-state index in [9.17, 15) is 9.59 Å². The van der Waals surface area contributed by atoms with Gasteiger partial charge in [-0.25, -0.2) is 4.98 Å². The van der Waals surface area contributed by atoms with Crippen molar-refractivity contribution in [2.24, 2.45) is 0 Å². The first-order valence-electron chi connectivity index (χ1n) is 5.38. The van der Waals surface area contributed by atoms with E-state index in [1.54, 1.807) is 17.5 Å². The number of thiocarbonyl (C=S) groups is 1. The minimum absolute atomic E-state index is 0.0133. The zero-order valence-corrected chi connectivity index (χ0v) is 11.6. The Hall–Kier alpha value is -2.39. The summed E-state index contributed by atoms with van der Waals surface area (Å²) in [6, 6.07) is 3.42. The molecular formula is C11H9N5O2S2. The molecule has 0 spiro atoms. The molecule has 0 aliphatic heterocycles. The van der Waals surface area contributed by atoms with Crippen molar-refractivity contribution < 1.29 is 9.59 Å². The van der Waals surface area contributed by atoms with Crippen molar-refractivity contribution in [3.05, 3.63) is 46.7 Å². The minimum Gasteiger partial charge on any atom is -0.297 e. The smallest absolute Gasteiger partial charge is 0.289 e. The molecule has 3 N–H and O–H groups in total. The van der Waals surface area contributed by atoms with E-state index in [0.29, 0.717) is 4.88 Å². The largest absolute Gasteiger partial charge is 0.297 e. The molecule has 0 aromatic carbocycles. The first-order valence-corrected chi connectivity index (χ1v) is 6.67. The van der Waals surface area contributed by atoms with Crippen LogP contribution in [-0.4, -0.2) is 26.9 Å². The van der Waals surface area contributed by atoms with Crippen LogP contribution >= 0.6 is 23.6 Å². The lowest BCUT2D eigenvalue weighted by atomic mass is 10.4. The molecule has 2 rings (SSSR count). The second-order valence-corrected chi connectivity index (χ2v) is 4.79. The molecule has 0 atom stereocenters. The SMILES string of the molecule is O=C(NNC(=S)NC(=O)c1cccs1)c1cnccn1. The molecule has 0 saturated carbocycles. The van der Waals surface area contributed by atoms with Crippen LogP contribution in [0.5, 0.6) is 0 Å². The van der Waals surface area contributed by atoms with Crippen molar-refractivity contribution in [2.75, 3.05) is 0 Å². The van der Waals surface area contributed by atoms with Gasteiger partial charge in [-0.05, 0) is 23.7 Å². The Morgan fingerprint density at radius 3 is 2.70 bits per heavy atom. The van der Waals surface area contributed by atoms with Crippen molar-refractivity contribution in [3.63, 3.8) is 0 Å². The van der Waals surface area contributed by atoms with E-state index in [1.165, 1.54) is 29.9 Å². The molecule has 0 aliphatic carbocycles. The molecule has 2 aromatic rings. The van der Waals surface area contributed by atoms with E-state index < -0.39 is 5.91 Å². The molecule has 0 unspecified atom stereocenters. The van der Waals surface area contributed by atoms with E-state index in [2.05, 4.69) is 26.1 Å². The summed E-state index contributed by atoms with van der Waals surface area (Å²) in [6.07, 6.45) is 4.16. The number of hydrogen-bond acceptors (Lipinski definition) is 6. The predicted octanol–water partition coefficient (Wildman–Crippen LogP) is 0.487. The third-order valence-corrected chi connectivity index (χ3v) is 3.13. The van der Waals surface area contributed by atoms with Crippen LogP contribution in [-0.2, 0) is 0 Å². The van der Waals surface area contributed by atoms with Crippen LogP contribution in [0.1, 0.15) is 20.2 Å². The van der Waals surface area contributed by atoms with Gasteiger partial charge in [-0.2, -0.15) is 0 Å². The number of hydrazine groups is 1. The molecule has 7 nitrogen and oxygen atoms in total. The number of aromatic nitrogens is 2. The fraction of sp³-hybridized carbons (Fsp3) is 0. The fourth-order valence-electron chi connectivity index (χ4n) is 1.20. The van der Waals surface area contributed by atoms with Gasteiger partial charge in [0.05, 0.1) is 11.1 Å². The van der Waals surface area contributed by atoms with Gasteiger partial charge in [0, 0.05) is 12.4 Å². The molecule has 0 fully saturated rings. The highest BCUT2D eigenvalue weighted by Crippen LogP contribution is 2.07. The molecule has 0 radical (unpaired) electrons. The summed E-state index contributed by atoms with van der Waals surface area (Å²) in [5.74, 6) is -0.850. The van der Waals surface area contributed by atoms with Gasteiger partial charge in [0.15, 0.2) is 5.11 Å². The number of rotatable bonds is 2. The Morgan fingerprint density at radius 2 is 2.05 bits per heavy atom. The van der Waals surface area contributed by atoms with Crippen LogP contribution in [0.4, 0.5) is 0 Å². The quantitative estimate of drug-likeness (QED) is 0.552. The van der Waals surface area contributed by atoms with Crippen molar-refractivity contribution in [3.8, 4) is 0 Å². The summed E-state index contributed by atoms with van der Waals surface area (Å²) in [5, 5.41) is 4.20. The normalized spacial score (nSPS) is 9.60. The number of thiophene rings is 1. The summed E-state index contributed by atoms with van der Waals surface area (Å²) in [5.41, 5.74) is 4.85. The van der Waals surface area contributed by atoms with Gasteiger partial charge in [0.1, 0.15) is 5.69 Å². The maximum absolute atomic E-state index is 11.7. The van der Waals surface area contributed by atoms with Gasteiger partial charge in [0.2, 0.25) is 0 Å². The van der Waals surface area contributed by atoms with E-state index in [0.717, 1.165) is 0 Å². The summed E-state index contributed by atoms with van der Waals surface area (Å²) in [6.45, 7) is 0. The van der Waals surface area contributed by atoms with E-state index >= 15 is 0 Å². The standard InChI is InChI=1S/C11H9N5O2S2/c17-9(7-6-12-3-4-13-7)15-16-11(19)14-10(18)8-2-1-5-20-8/h1-6H,(H,15,17)(H2,14,16,18,19). The summed E-state index contributed by atoms with van der Waals surface area (Å²) in [7, 11) is 0. The maximum atomic E-state index is 11.7. The van der Waals surface area contributed by atoms with Crippen LogP contribution in [0, 0.1) is 0 Å². The van der Waals surface area contributed by atoms with Crippen LogP contribution in [0.2, 0.25) is 0 Å². The number of carbonyl (C=O) groups excluding carboxylic acids is 2. The number of amides is 2. The summed E-state index contributed by atoms with van der Waals surface area (Å²) < 4.78 is 0. The van der Waals surface area contributed by atoms with Gasteiger partial charge in [-0.1, -0.05) is 6.07 Å². The topological polar surface area (TPSA) is 96.0 Å². The Kier molecular flexibility index (Phi) is 4.69. The molecule has 9 heteroatoms. The lowest BCUT2D eigenvalue weighted by Gasteiger charge is -2.09. The zero-order chi connectivity index (χ0) is 14.4. The van der Waals surface area contributed by atoms with Crippen LogP contribution in [0.15, 0.2) is 36.1 Å². The first kappa shape index (κ1) is 14.0. The Bertz CT molecular complexity index is 615. The first-order chi connectivity index (χ1) is 9.66. The molecule has 20 heavy (non-hydrogen) atoms. The molecule has 2 heterocycles. The molecule has 0 saturated heterocycles. The Labute approximate surface area is 123 Å². The van der Waals surface area contributed by atoms with Gasteiger partial charge < -0.3 is 0 Å². The Balaban J connectivity index is 1.81. The highest BCUT2D eigenvalue weighted by molar-refractivity contribution is 7.80. The van der Waals surface area contributed by atoms with Crippen molar-refractivity contribution in [1.29, 1.82) is 0 Å². The van der Waals surface area contributed by atoms with Crippen LogP contribution < -0.4 is 16.2 Å². The van der Waals surface area contributed by atoms with Gasteiger partial charge in [-0.3, -0.25) is 30.7 Å². The second kappa shape index (κ2) is 6.68. The predicted molar refractivity (Wildman–Crippen MR) is 77.0 cm³/mol. The molecule has 2 aromatic heterocycles. The summed E-state index contributed by atoms with van der Waals surface area (Å²) >= 11 is 6.17. The minimum atomic E-state index is -0.508. The molecule has 0 aliphatic rings. The number of nitrogens with zero attached hydrogens (tertiary/aromatic N) is 2. The van der Waals surface area contributed by atoms with Crippen molar-refractivity contribution in [2.45, 2.75) is 0 Å². The molecular weight excluding hydrogens is 298 g/mol. The van der Waals surface area contributed by atoms with Gasteiger partial charge >= 0.3 is 0 Å². The lowest BCUT2D eigenvalue weighted by molar-refractivity contribution is 0.0930. The monoisotopic (exact) mass is 307 g/mol. The lowest BCUT2D eigenvalue weighted by Crippen LogP contribution is -2.48. The molecule has 102 valence electrons. The average molecular weight is 307 g/mol. The molecule has 0 bridgehead atoms.